The molecule has 1 heterocycles. The van der Waals surface area contributed by atoms with Gasteiger partial charge in [0.2, 0.25) is 0 Å². The van der Waals surface area contributed by atoms with Gasteiger partial charge in [0.15, 0.2) is 0 Å². The molecule has 3 rings (SSSR count). The highest BCUT2D eigenvalue weighted by Crippen LogP contribution is 2.11. The van der Waals surface area contributed by atoms with Crippen LogP contribution in [0.5, 0.6) is 0 Å². The number of benzene rings is 2. The van der Waals surface area contributed by atoms with E-state index in [-0.39, 0.29) is 24.0 Å². The molecule has 2 N–H and O–H groups in total. The van der Waals surface area contributed by atoms with Gasteiger partial charge < -0.3 is 20.2 Å². The van der Waals surface area contributed by atoms with Gasteiger partial charge in [-0.3, -0.25) is 4.79 Å². The molecule has 7 nitrogen and oxygen atoms in total. The maximum atomic E-state index is 13.0. The van der Waals surface area contributed by atoms with Crippen molar-refractivity contribution in [2.75, 3.05) is 26.2 Å². The molecule has 29 heavy (non-hydrogen) atoms. The summed E-state index contributed by atoms with van der Waals surface area (Å²) in [7, 11) is 0. The Hall–Kier alpha value is -3.42. The summed E-state index contributed by atoms with van der Waals surface area (Å²) in [6.45, 7) is 2.13. The van der Waals surface area contributed by atoms with Crippen LogP contribution in [0.2, 0.25) is 0 Å². The molecule has 2 aromatic carbocycles. The van der Waals surface area contributed by atoms with Crippen molar-refractivity contribution in [3.8, 4) is 0 Å². The molecule has 8 heteroatoms. The maximum absolute atomic E-state index is 13.0. The van der Waals surface area contributed by atoms with Gasteiger partial charge in [-0.2, -0.15) is 0 Å². The number of urea groups is 1. The van der Waals surface area contributed by atoms with Crippen molar-refractivity contribution in [1.82, 2.24) is 15.1 Å². The predicted octanol–water partition coefficient (Wildman–Crippen LogP) is 2.58. The molecule has 0 radical (unpaired) electrons. The third-order valence-electron chi connectivity index (χ3n) is 4.81. The molecule has 1 saturated heterocycles. The second kappa shape index (κ2) is 9.18. The molecule has 3 amide bonds. The van der Waals surface area contributed by atoms with E-state index in [0.717, 1.165) is 5.56 Å². The fraction of sp³-hybridized carbons (Fsp3) is 0.286. The Morgan fingerprint density at radius 2 is 1.45 bits per heavy atom. The molecular weight excluding hydrogens is 377 g/mol. The van der Waals surface area contributed by atoms with Gasteiger partial charge in [0.05, 0.1) is 5.56 Å². The molecule has 0 atom stereocenters. The minimum atomic E-state index is -0.995. The molecule has 1 fully saturated rings. The lowest BCUT2D eigenvalue weighted by Crippen LogP contribution is -2.42. The van der Waals surface area contributed by atoms with Crippen molar-refractivity contribution in [2.24, 2.45) is 0 Å². The zero-order valence-electron chi connectivity index (χ0n) is 15.8. The van der Waals surface area contributed by atoms with E-state index in [1.807, 2.05) is 0 Å². The summed E-state index contributed by atoms with van der Waals surface area (Å²) in [6, 6.07) is 11.5. The van der Waals surface area contributed by atoms with E-state index in [9.17, 15) is 18.8 Å². The van der Waals surface area contributed by atoms with E-state index in [1.54, 1.807) is 21.9 Å². The predicted molar refractivity (Wildman–Crippen MR) is 104 cm³/mol. The second-order valence-corrected chi connectivity index (χ2v) is 6.80. The van der Waals surface area contributed by atoms with E-state index in [4.69, 9.17) is 5.11 Å². The van der Waals surface area contributed by atoms with E-state index >= 15 is 0 Å². The number of nitrogens with zero attached hydrogens (tertiary/aromatic N) is 2. The minimum absolute atomic E-state index is 0.175. The lowest BCUT2D eigenvalue weighted by molar-refractivity contribution is 0.0695. The van der Waals surface area contributed by atoms with Gasteiger partial charge in [0, 0.05) is 38.3 Å². The van der Waals surface area contributed by atoms with E-state index < -0.39 is 11.8 Å². The molecule has 152 valence electrons. The SMILES string of the molecule is O=C(O)c1ccc(CNC(=O)N2CCCN(C(=O)c3ccc(F)cc3)CC2)cc1. The van der Waals surface area contributed by atoms with Crippen LogP contribution in [0.25, 0.3) is 0 Å². The van der Waals surface area contributed by atoms with Gasteiger partial charge in [0.25, 0.3) is 5.91 Å². The molecule has 0 spiro atoms. The quantitative estimate of drug-likeness (QED) is 0.827. The number of rotatable bonds is 4. The number of carboxylic acids is 1. The van der Waals surface area contributed by atoms with Crippen molar-refractivity contribution in [1.29, 1.82) is 0 Å². The number of carbonyl (C=O) groups excluding carboxylic acids is 2. The summed E-state index contributed by atoms with van der Waals surface area (Å²) >= 11 is 0. The maximum Gasteiger partial charge on any atom is 0.335 e. The van der Waals surface area contributed by atoms with Crippen LogP contribution in [0.1, 0.15) is 32.7 Å². The summed E-state index contributed by atoms with van der Waals surface area (Å²) in [5.41, 5.74) is 1.42. The van der Waals surface area contributed by atoms with Crippen LogP contribution in [0.3, 0.4) is 0 Å². The van der Waals surface area contributed by atoms with Gasteiger partial charge in [-0.15, -0.1) is 0 Å². The number of nitrogens with one attached hydrogen (secondary N) is 1. The Morgan fingerprint density at radius 3 is 2.10 bits per heavy atom. The van der Waals surface area contributed by atoms with Crippen LogP contribution >= 0.6 is 0 Å². The summed E-state index contributed by atoms with van der Waals surface area (Å²) in [4.78, 5) is 39.2. The second-order valence-electron chi connectivity index (χ2n) is 6.80. The zero-order valence-corrected chi connectivity index (χ0v) is 15.8. The summed E-state index contributed by atoms with van der Waals surface area (Å²) < 4.78 is 13.0. The lowest BCUT2D eigenvalue weighted by Gasteiger charge is -2.22. The van der Waals surface area contributed by atoms with E-state index in [1.165, 1.54) is 36.4 Å². The first-order chi connectivity index (χ1) is 13.9. The van der Waals surface area contributed by atoms with Crippen LogP contribution in [-0.4, -0.2) is 59.0 Å². The van der Waals surface area contributed by atoms with Gasteiger partial charge in [-0.05, 0) is 48.4 Å². The van der Waals surface area contributed by atoms with Crippen molar-refractivity contribution in [3.05, 3.63) is 71.0 Å². The van der Waals surface area contributed by atoms with Gasteiger partial charge in [0.1, 0.15) is 5.82 Å². The van der Waals surface area contributed by atoms with Gasteiger partial charge in [-0.25, -0.2) is 14.0 Å². The average Bonchev–Trinajstić information content (AvgIpc) is 2.99. The largest absolute Gasteiger partial charge is 0.478 e. The smallest absolute Gasteiger partial charge is 0.335 e. The summed E-state index contributed by atoms with van der Waals surface area (Å²) in [6.07, 6.45) is 0.646. The Balaban J connectivity index is 1.51. The summed E-state index contributed by atoms with van der Waals surface area (Å²) in [5, 5.41) is 11.7. The highest BCUT2D eigenvalue weighted by molar-refractivity contribution is 5.94. The van der Waals surface area contributed by atoms with Crippen molar-refractivity contribution in [2.45, 2.75) is 13.0 Å². The molecule has 2 aromatic rings. The zero-order chi connectivity index (χ0) is 20.8. The Labute approximate surface area is 167 Å². The minimum Gasteiger partial charge on any atom is -0.478 e. The van der Waals surface area contributed by atoms with Crippen molar-refractivity contribution >= 4 is 17.9 Å². The highest BCUT2D eigenvalue weighted by Gasteiger charge is 2.22. The molecule has 1 aliphatic heterocycles. The molecule has 0 aromatic heterocycles. The number of carbonyl (C=O) groups is 3. The first-order valence-electron chi connectivity index (χ1n) is 9.34. The van der Waals surface area contributed by atoms with Crippen molar-refractivity contribution in [3.63, 3.8) is 0 Å². The number of amides is 3. The molecule has 0 unspecified atom stereocenters. The van der Waals surface area contributed by atoms with Crippen LogP contribution in [0, 0.1) is 5.82 Å². The number of hydrogen-bond donors (Lipinski definition) is 2. The number of hydrogen-bond acceptors (Lipinski definition) is 3. The molecule has 0 saturated carbocycles. The third-order valence-corrected chi connectivity index (χ3v) is 4.81. The normalized spacial score (nSPS) is 14.2. The summed E-state index contributed by atoms with van der Waals surface area (Å²) in [5.74, 6) is -1.56. The fourth-order valence-electron chi connectivity index (χ4n) is 3.15. The first-order valence-corrected chi connectivity index (χ1v) is 9.34. The lowest BCUT2D eigenvalue weighted by atomic mass is 10.1. The molecule has 0 aliphatic carbocycles. The average molecular weight is 399 g/mol. The monoisotopic (exact) mass is 399 g/mol. The number of aromatic carboxylic acids is 1. The van der Waals surface area contributed by atoms with Crippen LogP contribution < -0.4 is 5.32 Å². The first kappa shape index (κ1) is 20.3. The van der Waals surface area contributed by atoms with Crippen molar-refractivity contribution < 1.29 is 23.9 Å². The van der Waals surface area contributed by atoms with Crippen LogP contribution in [0.15, 0.2) is 48.5 Å². The Bertz CT molecular complexity index is 884. The van der Waals surface area contributed by atoms with Gasteiger partial charge in [-0.1, -0.05) is 12.1 Å². The van der Waals surface area contributed by atoms with Gasteiger partial charge >= 0.3 is 12.0 Å². The van der Waals surface area contributed by atoms with Crippen LogP contribution in [0.4, 0.5) is 9.18 Å². The standard InChI is InChI=1S/C21H22FN3O4/c22-18-8-6-16(7-9-18)19(26)24-10-1-11-25(13-12-24)21(29)23-14-15-2-4-17(5-3-15)20(27)28/h2-9H,1,10-14H2,(H,23,29)(H,27,28). The molecule has 0 bridgehead atoms. The van der Waals surface area contributed by atoms with Crippen LogP contribution in [-0.2, 0) is 6.54 Å². The molecular formula is C21H22FN3O4. The van der Waals surface area contributed by atoms with E-state index in [2.05, 4.69) is 5.32 Å². The molecule has 1 aliphatic rings. The third kappa shape index (κ3) is 5.31. The van der Waals surface area contributed by atoms with E-state index in [0.29, 0.717) is 38.2 Å². The topological polar surface area (TPSA) is 89.9 Å². The number of halogens is 1. The Morgan fingerprint density at radius 1 is 0.862 bits per heavy atom. The number of carboxylic acid groups (broad SMARTS) is 1. The highest BCUT2D eigenvalue weighted by atomic mass is 19.1. The Kier molecular flexibility index (Phi) is 6.43. The fourth-order valence-corrected chi connectivity index (χ4v) is 3.15.